The lowest BCUT2D eigenvalue weighted by Gasteiger charge is -2.10. The van der Waals surface area contributed by atoms with Crippen LogP contribution in [0.15, 0.2) is 18.2 Å². The largest absolute Gasteiger partial charge is 0.497 e. The predicted molar refractivity (Wildman–Crippen MR) is 66.8 cm³/mol. The summed E-state index contributed by atoms with van der Waals surface area (Å²) in [5.74, 6) is 1.09. The van der Waals surface area contributed by atoms with E-state index in [9.17, 15) is 4.79 Å². The third kappa shape index (κ3) is 3.66. The highest BCUT2D eigenvalue weighted by atomic mass is 16.5. The predicted octanol–water partition coefficient (Wildman–Crippen LogP) is 2.23. The van der Waals surface area contributed by atoms with Gasteiger partial charge in [0.2, 0.25) is 0 Å². The van der Waals surface area contributed by atoms with Gasteiger partial charge in [0.05, 0.1) is 19.8 Å². The summed E-state index contributed by atoms with van der Waals surface area (Å²) >= 11 is 0. The first-order valence-electron chi connectivity index (χ1n) is 5.73. The molecule has 94 valence electrons. The summed E-state index contributed by atoms with van der Waals surface area (Å²) in [6.07, 6.45) is 2.03. The molecule has 1 aromatic rings. The SMILES string of the molecule is CCCCNC(=O)c1ccc(OC)cc1OC. The van der Waals surface area contributed by atoms with Crippen LogP contribution in [0.2, 0.25) is 0 Å². The summed E-state index contributed by atoms with van der Waals surface area (Å²) in [5, 5.41) is 2.85. The molecule has 0 radical (unpaired) electrons. The van der Waals surface area contributed by atoms with Crippen molar-refractivity contribution in [1.29, 1.82) is 0 Å². The van der Waals surface area contributed by atoms with Crippen molar-refractivity contribution in [3.8, 4) is 11.5 Å². The highest BCUT2D eigenvalue weighted by Gasteiger charge is 2.12. The average molecular weight is 237 g/mol. The summed E-state index contributed by atoms with van der Waals surface area (Å²) in [4.78, 5) is 11.9. The number of methoxy groups -OCH3 is 2. The van der Waals surface area contributed by atoms with Gasteiger partial charge in [0.1, 0.15) is 11.5 Å². The van der Waals surface area contributed by atoms with Gasteiger partial charge in [-0.1, -0.05) is 13.3 Å². The maximum absolute atomic E-state index is 11.9. The Balaban J connectivity index is 2.78. The van der Waals surface area contributed by atoms with Gasteiger partial charge in [-0.2, -0.15) is 0 Å². The molecule has 0 unspecified atom stereocenters. The molecule has 1 aromatic carbocycles. The van der Waals surface area contributed by atoms with Crippen LogP contribution in [-0.2, 0) is 0 Å². The van der Waals surface area contributed by atoms with Gasteiger partial charge >= 0.3 is 0 Å². The van der Waals surface area contributed by atoms with Crippen LogP contribution in [0.1, 0.15) is 30.1 Å². The third-order valence-electron chi connectivity index (χ3n) is 2.47. The van der Waals surface area contributed by atoms with Crippen molar-refractivity contribution in [2.45, 2.75) is 19.8 Å². The lowest BCUT2D eigenvalue weighted by molar-refractivity contribution is 0.0950. The number of carbonyl (C=O) groups excluding carboxylic acids is 1. The van der Waals surface area contributed by atoms with Gasteiger partial charge < -0.3 is 14.8 Å². The topological polar surface area (TPSA) is 47.6 Å². The number of nitrogens with one attached hydrogen (secondary N) is 1. The van der Waals surface area contributed by atoms with E-state index in [-0.39, 0.29) is 5.91 Å². The van der Waals surface area contributed by atoms with Gasteiger partial charge in [-0.25, -0.2) is 0 Å². The van der Waals surface area contributed by atoms with Crippen LogP contribution in [0.5, 0.6) is 11.5 Å². The molecule has 0 spiro atoms. The highest BCUT2D eigenvalue weighted by molar-refractivity contribution is 5.97. The minimum absolute atomic E-state index is 0.113. The van der Waals surface area contributed by atoms with Crippen LogP contribution in [0.25, 0.3) is 0 Å². The van der Waals surface area contributed by atoms with E-state index in [4.69, 9.17) is 9.47 Å². The minimum Gasteiger partial charge on any atom is -0.497 e. The molecule has 1 rings (SSSR count). The van der Waals surface area contributed by atoms with E-state index in [0.29, 0.717) is 23.6 Å². The molecule has 0 aliphatic rings. The van der Waals surface area contributed by atoms with E-state index < -0.39 is 0 Å². The fourth-order valence-electron chi connectivity index (χ4n) is 1.46. The van der Waals surface area contributed by atoms with Crippen LogP contribution in [-0.4, -0.2) is 26.7 Å². The minimum atomic E-state index is -0.113. The lowest BCUT2D eigenvalue weighted by Crippen LogP contribution is -2.24. The quantitative estimate of drug-likeness (QED) is 0.772. The summed E-state index contributed by atoms with van der Waals surface area (Å²) < 4.78 is 10.3. The summed E-state index contributed by atoms with van der Waals surface area (Å²) in [5.41, 5.74) is 0.532. The number of hydrogen-bond donors (Lipinski definition) is 1. The normalized spacial score (nSPS) is 9.82. The van der Waals surface area contributed by atoms with E-state index in [1.54, 1.807) is 25.3 Å². The molecule has 0 saturated heterocycles. The first-order valence-corrected chi connectivity index (χ1v) is 5.73. The Bertz CT molecular complexity index is 377. The molecule has 0 bridgehead atoms. The van der Waals surface area contributed by atoms with Crippen LogP contribution in [0.4, 0.5) is 0 Å². The lowest BCUT2D eigenvalue weighted by atomic mass is 10.1. The van der Waals surface area contributed by atoms with Crippen molar-refractivity contribution in [3.05, 3.63) is 23.8 Å². The molecular formula is C13H19NO3. The van der Waals surface area contributed by atoms with E-state index in [0.717, 1.165) is 12.8 Å². The molecule has 17 heavy (non-hydrogen) atoms. The molecule has 1 amide bonds. The van der Waals surface area contributed by atoms with Gasteiger partial charge in [0, 0.05) is 12.6 Å². The van der Waals surface area contributed by atoms with Crippen LogP contribution >= 0.6 is 0 Å². The second-order valence-corrected chi connectivity index (χ2v) is 3.68. The maximum Gasteiger partial charge on any atom is 0.255 e. The molecule has 0 heterocycles. The Morgan fingerprint density at radius 1 is 1.29 bits per heavy atom. The smallest absolute Gasteiger partial charge is 0.255 e. The van der Waals surface area contributed by atoms with Crippen molar-refractivity contribution in [1.82, 2.24) is 5.32 Å². The molecule has 4 heteroatoms. The number of unbranched alkanes of at least 4 members (excludes halogenated alkanes) is 1. The second-order valence-electron chi connectivity index (χ2n) is 3.68. The van der Waals surface area contributed by atoms with Crippen LogP contribution in [0.3, 0.4) is 0 Å². The summed E-state index contributed by atoms with van der Waals surface area (Å²) in [6.45, 7) is 2.77. The number of ether oxygens (including phenoxy) is 2. The van der Waals surface area contributed by atoms with Crippen molar-refractivity contribution >= 4 is 5.91 Å². The Hall–Kier alpha value is -1.71. The molecular weight excluding hydrogens is 218 g/mol. The van der Waals surface area contributed by atoms with Gasteiger partial charge in [-0.3, -0.25) is 4.79 Å². The Morgan fingerprint density at radius 3 is 2.65 bits per heavy atom. The zero-order valence-electron chi connectivity index (χ0n) is 10.6. The van der Waals surface area contributed by atoms with Crippen molar-refractivity contribution in [2.24, 2.45) is 0 Å². The van der Waals surface area contributed by atoms with Crippen LogP contribution < -0.4 is 14.8 Å². The number of amides is 1. The van der Waals surface area contributed by atoms with Gasteiger partial charge in [-0.15, -0.1) is 0 Å². The number of benzene rings is 1. The molecule has 1 N–H and O–H groups in total. The Labute approximate surface area is 102 Å². The van der Waals surface area contributed by atoms with Crippen molar-refractivity contribution in [2.75, 3.05) is 20.8 Å². The monoisotopic (exact) mass is 237 g/mol. The van der Waals surface area contributed by atoms with E-state index >= 15 is 0 Å². The second kappa shape index (κ2) is 6.78. The fourth-order valence-corrected chi connectivity index (χ4v) is 1.46. The number of hydrogen-bond acceptors (Lipinski definition) is 3. The first-order chi connectivity index (χ1) is 8.22. The fraction of sp³-hybridized carbons (Fsp3) is 0.462. The van der Waals surface area contributed by atoms with Crippen LogP contribution in [0, 0.1) is 0 Å². The van der Waals surface area contributed by atoms with Gasteiger partial charge in [0.25, 0.3) is 5.91 Å². The zero-order chi connectivity index (χ0) is 12.7. The molecule has 0 atom stereocenters. The van der Waals surface area contributed by atoms with Crippen molar-refractivity contribution < 1.29 is 14.3 Å². The van der Waals surface area contributed by atoms with E-state index in [1.807, 2.05) is 0 Å². The number of carbonyl (C=O) groups is 1. The highest BCUT2D eigenvalue weighted by Crippen LogP contribution is 2.24. The molecule has 0 fully saturated rings. The standard InChI is InChI=1S/C13H19NO3/c1-4-5-8-14-13(15)11-7-6-10(16-2)9-12(11)17-3/h6-7,9H,4-5,8H2,1-3H3,(H,14,15). The maximum atomic E-state index is 11.9. The number of rotatable bonds is 6. The molecule has 4 nitrogen and oxygen atoms in total. The zero-order valence-corrected chi connectivity index (χ0v) is 10.6. The third-order valence-corrected chi connectivity index (χ3v) is 2.47. The Kier molecular flexibility index (Phi) is 5.33. The summed E-state index contributed by atoms with van der Waals surface area (Å²) in [6, 6.07) is 5.16. The molecule has 0 saturated carbocycles. The van der Waals surface area contributed by atoms with E-state index in [1.165, 1.54) is 7.11 Å². The average Bonchev–Trinajstić information content (AvgIpc) is 2.38. The Morgan fingerprint density at radius 2 is 2.06 bits per heavy atom. The van der Waals surface area contributed by atoms with Gasteiger partial charge in [-0.05, 0) is 18.6 Å². The van der Waals surface area contributed by atoms with Crippen molar-refractivity contribution in [3.63, 3.8) is 0 Å². The van der Waals surface area contributed by atoms with E-state index in [2.05, 4.69) is 12.2 Å². The van der Waals surface area contributed by atoms with Gasteiger partial charge in [0.15, 0.2) is 0 Å². The molecule has 0 aromatic heterocycles. The molecule has 0 aliphatic carbocycles. The first kappa shape index (κ1) is 13.4. The summed E-state index contributed by atoms with van der Waals surface area (Å²) in [7, 11) is 3.12. The molecule has 0 aliphatic heterocycles.